The van der Waals surface area contributed by atoms with E-state index >= 15 is 0 Å². The van der Waals surface area contributed by atoms with Gasteiger partial charge in [0.05, 0.1) is 11.9 Å². The molecule has 7 nitrogen and oxygen atoms in total. The molecule has 0 bridgehead atoms. The molecular weight excluding hydrogens is 328 g/mol. The summed E-state index contributed by atoms with van der Waals surface area (Å²) in [6.45, 7) is 2.28. The van der Waals surface area contributed by atoms with E-state index in [9.17, 15) is 4.79 Å². The number of aromatic nitrogens is 4. The van der Waals surface area contributed by atoms with Gasteiger partial charge in [-0.15, -0.1) is 0 Å². The Hall–Kier alpha value is -3.61. The number of hydrogen-bond donors (Lipinski definition) is 3. The lowest BCUT2D eigenvalue weighted by Gasteiger charge is -2.11. The number of anilines is 3. The van der Waals surface area contributed by atoms with Crippen LogP contribution >= 0.6 is 0 Å². The highest BCUT2D eigenvalue weighted by molar-refractivity contribution is 5.92. The molecule has 4 aromatic rings. The Bertz CT molecular complexity index is 1130. The minimum atomic E-state index is -0.138. The fraction of sp³-hybridized carbons (Fsp3) is 0.105. The molecule has 0 saturated heterocycles. The largest absolute Gasteiger partial charge is 0.399 e. The molecule has 2 heterocycles. The van der Waals surface area contributed by atoms with Gasteiger partial charge >= 0.3 is 0 Å². The van der Waals surface area contributed by atoms with Gasteiger partial charge in [-0.2, -0.15) is 10.2 Å². The summed E-state index contributed by atoms with van der Waals surface area (Å²) in [5.74, 6) is 1.24. The molecule has 4 N–H and O–H groups in total. The Balaban J connectivity index is 1.81. The fourth-order valence-electron chi connectivity index (χ4n) is 2.83. The first-order valence-electron chi connectivity index (χ1n) is 8.23. The van der Waals surface area contributed by atoms with Crippen molar-refractivity contribution >= 4 is 28.1 Å². The van der Waals surface area contributed by atoms with Crippen molar-refractivity contribution in [1.82, 2.24) is 20.0 Å². The van der Waals surface area contributed by atoms with E-state index < -0.39 is 0 Å². The maximum atomic E-state index is 12.8. The predicted molar refractivity (Wildman–Crippen MR) is 103 cm³/mol. The van der Waals surface area contributed by atoms with Gasteiger partial charge in [0.1, 0.15) is 0 Å². The van der Waals surface area contributed by atoms with Crippen molar-refractivity contribution in [3.05, 3.63) is 76.2 Å². The smallest absolute Gasteiger partial charge is 0.275 e. The summed E-state index contributed by atoms with van der Waals surface area (Å²) < 4.78 is 1.45. The summed E-state index contributed by atoms with van der Waals surface area (Å²) in [6, 6.07) is 16.7. The van der Waals surface area contributed by atoms with Crippen LogP contribution in [0.1, 0.15) is 11.3 Å². The highest BCUT2D eigenvalue weighted by atomic mass is 16.1. The Morgan fingerprint density at radius 2 is 1.85 bits per heavy atom. The summed E-state index contributed by atoms with van der Waals surface area (Å²) in [5, 5.41) is 16.2. The number of aryl methyl sites for hydroxylation is 1. The molecule has 0 aliphatic rings. The van der Waals surface area contributed by atoms with Gasteiger partial charge in [0.2, 0.25) is 0 Å². The number of nitrogens with two attached hydrogens (primary N) is 1. The van der Waals surface area contributed by atoms with E-state index in [1.54, 1.807) is 6.07 Å². The highest BCUT2D eigenvalue weighted by Crippen LogP contribution is 2.21. The molecule has 0 radical (unpaired) electrons. The van der Waals surface area contributed by atoms with E-state index in [2.05, 4.69) is 20.6 Å². The van der Waals surface area contributed by atoms with E-state index in [1.165, 1.54) is 4.68 Å². The molecule has 0 amide bonds. The topological polar surface area (TPSA) is 102 Å². The van der Waals surface area contributed by atoms with Crippen LogP contribution in [0.5, 0.6) is 0 Å². The lowest BCUT2D eigenvalue weighted by atomic mass is 10.1. The van der Waals surface area contributed by atoms with Gasteiger partial charge in [0, 0.05) is 22.8 Å². The van der Waals surface area contributed by atoms with Gasteiger partial charge < -0.3 is 11.1 Å². The summed E-state index contributed by atoms with van der Waals surface area (Å²) in [7, 11) is 0. The van der Waals surface area contributed by atoms with Crippen molar-refractivity contribution in [1.29, 1.82) is 0 Å². The molecule has 26 heavy (non-hydrogen) atoms. The molecule has 2 aromatic carbocycles. The summed E-state index contributed by atoms with van der Waals surface area (Å²) in [4.78, 5) is 12.8. The van der Waals surface area contributed by atoms with Gasteiger partial charge in [0.15, 0.2) is 11.6 Å². The molecule has 130 valence electrons. The van der Waals surface area contributed by atoms with Crippen molar-refractivity contribution in [3.63, 3.8) is 0 Å². The van der Waals surface area contributed by atoms with E-state index in [-0.39, 0.29) is 5.56 Å². The quantitative estimate of drug-likeness (QED) is 0.493. The predicted octanol–water partition coefficient (Wildman–Crippen LogP) is 2.80. The van der Waals surface area contributed by atoms with E-state index in [1.807, 2.05) is 55.5 Å². The van der Waals surface area contributed by atoms with Crippen LogP contribution in [-0.4, -0.2) is 20.0 Å². The van der Waals surface area contributed by atoms with Crippen LogP contribution in [0, 0.1) is 6.92 Å². The molecule has 0 atom stereocenters. The second kappa shape index (κ2) is 6.36. The number of nitrogens with one attached hydrogen (secondary N) is 2. The maximum Gasteiger partial charge on any atom is 0.275 e. The van der Waals surface area contributed by atoms with Crippen LogP contribution < -0.4 is 16.6 Å². The average Bonchev–Trinajstić information content (AvgIpc) is 3.06. The number of nitrogens with zero attached hydrogens (tertiary/aromatic N) is 3. The Morgan fingerprint density at radius 3 is 2.54 bits per heavy atom. The number of aromatic amines is 1. The molecule has 0 unspecified atom stereocenters. The van der Waals surface area contributed by atoms with Crippen molar-refractivity contribution in [2.75, 3.05) is 11.1 Å². The average molecular weight is 346 g/mol. The van der Waals surface area contributed by atoms with Crippen molar-refractivity contribution < 1.29 is 0 Å². The molecule has 0 saturated carbocycles. The summed E-state index contributed by atoms with van der Waals surface area (Å²) in [6.07, 6.45) is 0. The molecule has 4 rings (SSSR count). The maximum absolute atomic E-state index is 12.8. The first-order chi connectivity index (χ1) is 12.6. The van der Waals surface area contributed by atoms with Crippen molar-refractivity contribution in [2.45, 2.75) is 13.5 Å². The lowest BCUT2D eigenvalue weighted by molar-refractivity contribution is 0.651. The molecule has 0 spiro atoms. The Morgan fingerprint density at radius 1 is 1.12 bits per heavy atom. The second-order valence-corrected chi connectivity index (χ2v) is 6.16. The number of rotatable bonds is 4. The molecule has 0 aliphatic carbocycles. The van der Waals surface area contributed by atoms with Crippen LogP contribution in [0.3, 0.4) is 0 Å². The first-order valence-corrected chi connectivity index (χ1v) is 8.23. The third kappa shape index (κ3) is 3.02. The SMILES string of the molecule is Cc1cc(Nc2nn(Cc3ccc(N)cc3)c(=O)c3ccccc23)n[nH]1. The van der Waals surface area contributed by atoms with Gasteiger partial charge in [-0.1, -0.05) is 30.3 Å². The highest BCUT2D eigenvalue weighted by Gasteiger charge is 2.12. The zero-order chi connectivity index (χ0) is 18.1. The van der Waals surface area contributed by atoms with Gasteiger partial charge in [-0.05, 0) is 30.7 Å². The number of fused-ring (bicyclic) bond motifs is 1. The molecular formula is C19H18N6O. The number of benzene rings is 2. The first kappa shape index (κ1) is 15.9. The number of hydrogen-bond acceptors (Lipinski definition) is 5. The van der Waals surface area contributed by atoms with Crippen LogP contribution in [0.15, 0.2) is 59.4 Å². The third-order valence-electron chi connectivity index (χ3n) is 4.13. The second-order valence-electron chi connectivity index (χ2n) is 6.16. The molecule has 2 aromatic heterocycles. The van der Waals surface area contributed by atoms with Gasteiger partial charge in [-0.3, -0.25) is 9.89 Å². The fourth-order valence-corrected chi connectivity index (χ4v) is 2.83. The summed E-state index contributed by atoms with van der Waals surface area (Å²) >= 11 is 0. The number of H-pyrrole nitrogens is 1. The van der Waals surface area contributed by atoms with E-state index in [0.717, 1.165) is 16.6 Å². The molecule has 7 heteroatoms. The Labute approximate surface area is 149 Å². The standard InChI is InChI=1S/C19H18N6O/c1-12-10-17(23-22-12)21-18-15-4-2-3-5-16(15)19(26)25(24-18)11-13-6-8-14(20)9-7-13/h2-10H,11,20H2,1H3,(H2,21,22,23,24). The lowest BCUT2D eigenvalue weighted by Crippen LogP contribution is -2.24. The number of nitrogen functional groups attached to an aromatic ring is 1. The van der Waals surface area contributed by atoms with Crippen molar-refractivity contribution in [2.24, 2.45) is 0 Å². The van der Waals surface area contributed by atoms with Crippen LogP contribution in [0.4, 0.5) is 17.3 Å². The van der Waals surface area contributed by atoms with Crippen LogP contribution in [0.2, 0.25) is 0 Å². The normalized spacial score (nSPS) is 11.0. The summed E-state index contributed by atoms with van der Waals surface area (Å²) in [5.41, 5.74) is 8.17. The zero-order valence-electron chi connectivity index (χ0n) is 14.2. The van der Waals surface area contributed by atoms with Crippen LogP contribution in [-0.2, 0) is 6.54 Å². The van der Waals surface area contributed by atoms with Gasteiger partial charge in [0.25, 0.3) is 5.56 Å². The monoisotopic (exact) mass is 346 g/mol. The van der Waals surface area contributed by atoms with Crippen molar-refractivity contribution in [3.8, 4) is 0 Å². The van der Waals surface area contributed by atoms with E-state index in [4.69, 9.17) is 5.73 Å². The van der Waals surface area contributed by atoms with E-state index in [0.29, 0.717) is 29.3 Å². The molecule has 0 fully saturated rings. The van der Waals surface area contributed by atoms with Gasteiger partial charge in [-0.25, -0.2) is 4.68 Å². The Kier molecular flexibility index (Phi) is 3.89. The minimum Gasteiger partial charge on any atom is -0.399 e. The zero-order valence-corrected chi connectivity index (χ0v) is 14.2. The molecule has 0 aliphatic heterocycles. The minimum absolute atomic E-state index is 0.138. The third-order valence-corrected chi connectivity index (χ3v) is 4.13. The van der Waals surface area contributed by atoms with Crippen LogP contribution in [0.25, 0.3) is 10.8 Å².